The Balaban J connectivity index is 0.00000235. The van der Waals surface area contributed by atoms with Gasteiger partial charge >= 0.3 is 12.2 Å². The Bertz CT molecular complexity index is 2430. The van der Waals surface area contributed by atoms with E-state index >= 15 is 0 Å². The Morgan fingerprint density at radius 1 is 0.719 bits per heavy atom. The van der Waals surface area contributed by atoms with Crippen LogP contribution in [0.2, 0.25) is 0 Å². The molecule has 0 bridgehead atoms. The minimum absolute atomic E-state index is 0. The Morgan fingerprint density at radius 3 is 1.75 bits per heavy atom. The number of ether oxygens (including phenoxy) is 4. The molecular weight excluding hydrogens is 817 g/mol. The fraction of sp³-hybridized carbons (Fsp3) is 0.458. The maximum atomic E-state index is 14.0. The van der Waals surface area contributed by atoms with E-state index in [1.165, 1.54) is 14.2 Å². The summed E-state index contributed by atoms with van der Waals surface area (Å²) in [4.78, 5) is 72.7. The molecular formula is C48H68N8O8. The van der Waals surface area contributed by atoms with Crippen molar-refractivity contribution < 1.29 is 42.4 Å². The summed E-state index contributed by atoms with van der Waals surface area (Å²) in [6, 6.07) is 16.6. The number of fused-ring (bicyclic) bond motifs is 3. The Kier molecular flexibility index (Phi) is 15.5. The molecule has 16 nitrogen and oxygen atoms in total. The molecule has 16 heteroatoms. The second kappa shape index (κ2) is 20.9. The molecule has 64 heavy (non-hydrogen) atoms. The molecule has 2 aromatic heterocycles. The number of nitrogens with one attached hydrogen (secondary N) is 4. The van der Waals surface area contributed by atoms with Gasteiger partial charge in [0.1, 0.15) is 23.7 Å². The van der Waals surface area contributed by atoms with Gasteiger partial charge in [0.2, 0.25) is 11.8 Å². The number of amides is 4. The first-order valence-electron chi connectivity index (χ1n) is 21.7. The molecule has 3 aromatic carbocycles. The van der Waals surface area contributed by atoms with Crippen molar-refractivity contribution in [1.82, 2.24) is 40.4 Å². The zero-order chi connectivity index (χ0) is 46.2. The summed E-state index contributed by atoms with van der Waals surface area (Å²) >= 11 is 0. The van der Waals surface area contributed by atoms with E-state index in [9.17, 15) is 19.2 Å². The number of hydrogen-bond acceptors (Lipinski definition) is 10. The fourth-order valence-corrected chi connectivity index (χ4v) is 8.97. The summed E-state index contributed by atoms with van der Waals surface area (Å²) in [6.07, 6.45) is 1.84. The zero-order valence-corrected chi connectivity index (χ0v) is 38.1. The smallest absolute Gasteiger partial charge is 0.407 e. The molecule has 0 saturated carbocycles. The largest absolute Gasteiger partial charge is 0.453 e. The molecule has 4 heterocycles. The van der Waals surface area contributed by atoms with E-state index in [4.69, 9.17) is 28.9 Å². The van der Waals surface area contributed by atoms with Crippen molar-refractivity contribution in [2.24, 2.45) is 23.7 Å². The number of H-pyrrole nitrogens is 2. The highest BCUT2D eigenvalue weighted by Crippen LogP contribution is 2.39. The Hall–Kier alpha value is -6.26. The number of hydrogen-bond donors (Lipinski definition) is 4. The van der Waals surface area contributed by atoms with E-state index in [0.717, 1.165) is 44.2 Å². The van der Waals surface area contributed by atoms with E-state index in [-0.39, 0.29) is 51.8 Å². The maximum Gasteiger partial charge on any atom is 0.407 e. The molecule has 4 N–H and O–H groups in total. The molecule has 348 valence electrons. The number of carbonyl (C=O) groups excluding carboxylic acids is 4. The lowest BCUT2D eigenvalue weighted by Crippen LogP contribution is -2.51. The van der Waals surface area contributed by atoms with Crippen LogP contribution in [0.1, 0.15) is 68.5 Å². The quantitative estimate of drug-likeness (QED) is 0.0792. The van der Waals surface area contributed by atoms with E-state index in [0.29, 0.717) is 50.8 Å². The van der Waals surface area contributed by atoms with Gasteiger partial charge in [0.05, 0.1) is 62.4 Å². The van der Waals surface area contributed by atoms with Gasteiger partial charge in [-0.3, -0.25) is 9.59 Å². The minimum Gasteiger partial charge on any atom is -0.453 e. The van der Waals surface area contributed by atoms with Crippen LogP contribution >= 0.6 is 0 Å². The molecule has 6 atom stereocenters. The summed E-state index contributed by atoms with van der Waals surface area (Å²) in [6.45, 7) is 15.6. The van der Waals surface area contributed by atoms with Crippen LogP contribution in [-0.4, -0.2) is 121 Å². The topological polar surface area (TPSA) is 193 Å². The fourth-order valence-electron chi connectivity index (χ4n) is 8.97. The van der Waals surface area contributed by atoms with Crippen molar-refractivity contribution in [2.75, 3.05) is 54.7 Å². The van der Waals surface area contributed by atoms with Crippen molar-refractivity contribution in [2.45, 2.75) is 64.7 Å². The highest BCUT2D eigenvalue weighted by atomic mass is 16.5. The third-order valence-electron chi connectivity index (χ3n) is 12.2. The first-order chi connectivity index (χ1) is 30.8. The molecule has 2 saturated heterocycles. The van der Waals surface area contributed by atoms with Gasteiger partial charge in [-0.25, -0.2) is 19.6 Å². The number of rotatable bonds is 14. The molecule has 2 aliphatic heterocycles. The van der Waals surface area contributed by atoms with Gasteiger partial charge in [-0.1, -0.05) is 70.2 Å². The first-order valence-corrected chi connectivity index (χ1v) is 21.7. The number of likely N-dealkylation sites (tertiary alicyclic amines) is 2. The van der Waals surface area contributed by atoms with Gasteiger partial charge in [-0.15, -0.1) is 13.2 Å². The van der Waals surface area contributed by atoms with Crippen LogP contribution in [0.5, 0.6) is 0 Å². The average molecular weight is 885 g/mol. The van der Waals surface area contributed by atoms with Crippen molar-refractivity contribution in [3.8, 4) is 22.4 Å². The predicted octanol–water partition coefficient (Wildman–Crippen LogP) is 8.15. The van der Waals surface area contributed by atoms with E-state index in [1.807, 2.05) is 38.7 Å². The second-order valence-corrected chi connectivity index (χ2v) is 17.1. The van der Waals surface area contributed by atoms with Gasteiger partial charge in [0.15, 0.2) is 0 Å². The van der Waals surface area contributed by atoms with E-state index in [2.05, 4.69) is 82.3 Å². The molecule has 0 unspecified atom stereocenters. The Labute approximate surface area is 378 Å². The number of benzene rings is 3. The number of methoxy groups -OCH3 is 4. The average Bonchev–Trinajstić information content (AvgIpc) is 4.13. The number of aromatic nitrogens is 4. The third kappa shape index (κ3) is 10.1. The highest BCUT2D eigenvalue weighted by molar-refractivity contribution is 6.05. The monoisotopic (exact) mass is 885 g/mol. The SMILES string of the molecule is C=C.COC[C@H]1C[C@@H](c2ncc(-c3ccc(-c4ccc5c(ccc6[nH]c([C@@H]7C[C@H](COC)CN7C(=O)[C@@H](NC(=O)OC)C(C)C)nc65)c4)cc3)[nH]2)N(C(=O)[C@@H](NC(=O)OC)C(C)C)C1.[HH].[HH].[HH]. The second-order valence-electron chi connectivity index (χ2n) is 17.1. The molecule has 0 radical (unpaired) electrons. The van der Waals surface area contributed by atoms with Gasteiger partial charge in [0, 0.05) is 48.8 Å². The van der Waals surface area contributed by atoms with Crippen LogP contribution < -0.4 is 10.6 Å². The van der Waals surface area contributed by atoms with Gasteiger partial charge < -0.3 is 49.3 Å². The minimum atomic E-state index is -0.753. The predicted molar refractivity (Wildman–Crippen MR) is 251 cm³/mol. The summed E-state index contributed by atoms with van der Waals surface area (Å²) in [7, 11) is 5.89. The summed E-state index contributed by atoms with van der Waals surface area (Å²) in [5, 5.41) is 7.45. The molecule has 4 amide bonds. The van der Waals surface area contributed by atoms with Gasteiger partial charge in [-0.2, -0.15) is 0 Å². The number of aromatic amines is 2. The maximum absolute atomic E-state index is 14.0. The Morgan fingerprint density at radius 2 is 1.23 bits per heavy atom. The van der Waals surface area contributed by atoms with Gasteiger partial charge in [0.25, 0.3) is 0 Å². The van der Waals surface area contributed by atoms with Crippen molar-refractivity contribution in [3.05, 3.63) is 85.6 Å². The lowest BCUT2D eigenvalue weighted by molar-refractivity contribution is -0.136. The molecule has 2 fully saturated rings. The van der Waals surface area contributed by atoms with Crippen LogP contribution in [0, 0.1) is 23.7 Å². The van der Waals surface area contributed by atoms with E-state index < -0.39 is 24.3 Å². The lowest BCUT2D eigenvalue weighted by atomic mass is 9.99. The highest BCUT2D eigenvalue weighted by Gasteiger charge is 2.43. The molecule has 5 aromatic rings. The zero-order valence-electron chi connectivity index (χ0n) is 38.1. The van der Waals surface area contributed by atoms with Crippen LogP contribution in [0.3, 0.4) is 0 Å². The van der Waals surface area contributed by atoms with Crippen LogP contribution in [-0.2, 0) is 28.5 Å². The standard InChI is InChI=1S/C46H58N8O8.C2H4.3H2/c1-25(2)38(51-45(57)61-7)43(55)53-21-27(23-59-5)17-36(53)41-47-20-35(49-41)30-11-9-29(10-12-30)31-13-15-33-32(19-31)14-16-34-40(33)50-42(48-34)37-18-28(24-60-6)22-54(37)44(56)39(26(3)4)52-46(58)62-8;1-2;;;/h9-16,19-20,25-28,36-39H,17-18,21-24H2,1-8H3,(H,47,49)(H,48,50)(H,51,57)(H,52,58);1-2H2;3*1H/t27-,28-,36-,37-,38-,39-;;;;/m0..../s1. The van der Waals surface area contributed by atoms with Crippen LogP contribution in [0.4, 0.5) is 9.59 Å². The normalized spacial score (nSPS) is 19.4. The summed E-state index contributed by atoms with van der Waals surface area (Å²) in [5.41, 5.74) is 5.55. The lowest BCUT2D eigenvalue weighted by Gasteiger charge is -2.30. The summed E-state index contributed by atoms with van der Waals surface area (Å²) < 4.78 is 20.6. The molecule has 2 aliphatic rings. The van der Waals surface area contributed by atoms with Crippen molar-refractivity contribution in [3.63, 3.8) is 0 Å². The number of alkyl carbamates (subject to hydrolysis) is 2. The van der Waals surface area contributed by atoms with Crippen molar-refractivity contribution >= 4 is 45.8 Å². The first kappa shape index (κ1) is 47.2. The molecule has 0 aliphatic carbocycles. The number of carbonyl (C=O) groups is 4. The molecule has 7 rings (SSSR count). The number of nitrogens with zero attached hydrogens (tertiary/aromatic N) is 4. The van der Waals surface area contributed by atoms with E-state index in [1.54, 1.807) is 25.3 Å². The third-order valence-corrected chi connectivity index (χ3v) is 12.2. The van der Waals surface area contributed by atoms with Crippen LogP contribution in [0.15, 0.2) is 74.0 Å². The molecule has 0 spiro atoms. The number of imidazole rings is 2. The van der Waals surface area contributed by atoms with Crippen LogP contribution in [0.25, 0.3) is 44.2 Å². The van der Waals surface area contributed by atoms with Gasteiger partial charge in [-0.05, 0) is 58.9 Å². The summed E-state index contributed by atoms with van der Waals surface area (Å²) in [5.74, 6) is 0.917. The van der Waals surface area contributed by atoms with Crippen molar-refractivity contribution in [1.29, 1.82) is 0 Å².